The molecule has 0 radical (unpaired) electrons. The van der Waals surface area contributed by atoms with Gasteiger partial charge in [0.2, 0.25) is 0 Å². The molecule has 7 heteroatoms. The molecule has 0 atom stereocenters. The van der Waals surface area contributed by atoms with Crippen LogP contribution in [0.1, 0.15) is 10.4 Å². The summed E-state index contributed by atoms with van der Waals surface area (Å²) < 4.78 is 5.35. The van der Waals surface area contributed by atoms with Gasteiger partial charge in [0.15, 0.2) is 12.4 Å². The van der Waals surface area contributed by atoms with Crippen molar-refractivity contribution in [3.05, 3.63) is 52.0 Å². The monoisotopic (exact) mass is 336 g/mol. The Bertz CT molecular complexity index is 777. The maximum Gasteiger partial charge on any atom is 0.262 e. The molecule has 5 nitrogen and oxygen atoms in total. The number of nitrogens with one attached hydrogen (secondary N) is 2. The second-order valence-electron chi connectivity index (χ2n) is 4.60. The lowest BCUT2D eigenvalue weighted by atomic mass is 10.1. The van der Waals surface area contributed by atoms with Crippen molar-refractivity contribution >= 4 is 46.4 Å². The standard InChI is InChI=1S/C15H10Cl2N2O3/c16-10-5-4-8(6-11(10)17)18-15(21)9-2-1-3-12-14(9)22-7-13(20)19-12/h1-6H,7H2,(H,18,21)(H,19,20). The third-order valence-corrected chi connectivity index (χ3v) is 3.80. The average Bonchev–Trinajstić information content (AvgIpc) is 2.50. The molecule has 2 amide bonds. The van der Waals surface area contributed by atoms with E-state index in [1.165, 1.54) is 0 Å². The summed E-state index contributed by atoms with van der Waals surface area (Å²) in [6.45, 7) is -0.121. The predicted molar refractivity (Wildman–Crippen MR) is 85.0 cm³/mol. The molecule has 2 aromatic carbocycles. The van der Waals surface area contributed by atoms with E-state index in [1.54, 1.807) is 36.4 Å². The molecule has 0 unspecified atom stereocenters. The van der Waals surface area contributed by atoms with Crippen LogP contribution in [0.15, 0.2) is 36.4 Å². The van der Waals surface area contributed by atoms with Gasteiger partial charge in [-0.1, -0.05) is 29.3 Å². The lowest BCUT2D eigenvalue weighted by molar-refractivity contribution is -0.118. The van der Waals surface area contributed by atoms with Gasteiger partial charge in [0.25, 0.3) is 11.8 Å². The number of fused-ring (bicyclic) bond motifs is 1. The van der Waals surface area contributed by atoms with Crippen LogP contribution >= 0.6 is 23.2 Å². The first-order valence-electron chi connectivity index (χ1n) is 6.36. The molecule has 1 aliphatic heterocycles. The molecule has 2 N–H and O–H groups in total. The van der Waals surface area contributed by atoms with Crippen molar-refractivity contribution in [2.24, 2.45) is 0 Å². The SMILES string of the molecule is O=C1COc2c(cccc2C(=O)Nc2ccc(Cl)c(Cl)c2)N1. The highest BCUT2D eigenvalue weighted by Gasteiger charge is 2.22. The summed E-state index contributed by atoms with van der Waals surface area (Å²) >= 11 is 11.8. The number of benzene rings is 2. The molecule has 0 saturated heterocycles. The van der Waals surface area contributed by atoms with Gasteiger partial charge in [-0.25, -0.2) is 0 Å². The summed E-state index contributed by atoms with van der Waals surface area (Å²) in [5.74, 6) is -0.277. The number of amides is 2. The number of carbonyl (C=O) groups excluding carboxylic acids is 2. The fourth-order valence-electron chi connectivity index (χ4n) is 2.07. The van der Waals surface area contributed by atoms with Crippen molar-refractivity contribution < 1.29 is 14.3 Å². The fraction of sp³-hybridized carbons (Fsp3) is 0.0667. The van der Waals surface area contributed by atoms with E-state index in [0.717, 1.165) is 0 Å². The Morgan fingerprint density at radius 1 is 1.18 bits per heavy atom. The number of rotatable bonds is 2. The Labute approximate surface area is 136 Å². The van der Waals surface area contributed by atoms with Gasteiger partial charge >= 0.3 is 0 Å². The minimum Gasteiger partial charge on any atom is -0.481 e. The molecular weight excluding hydrogens is 327 g/mol. The van der Waals surface area contributed by atoms with Crippen LogP contribution in [-0.4, -0.2) is 18.4 Å². The Balaban J connectivity index is 1.88. The zero-order valence-electron chi connectivity index (χ0n) is 11.2. The molecule has 22 heavy (non-hydrogen) atoms. The Hall–Kier alpha value is -2.24. The zero-order chi connectivity index (χ0) is 15.7. The van der Waals surface area contributed by atoms with Gasteiger partial charge in [-0.2, -0.15) is 0 Å². The first-order valence-corrected chi connectivity index (χ1v) is 7.12. The van der Waals surface area contributed by atoms with Gasteiger partial charge in [-0.05, 0) is 30.3 Å². The maximum absolute atomic E-state index is 12.4. The third kappa shape index (κ3) is 2.86. The second-order valence-corrected chi connectivity index (χ2v) is 5.42. The number of ether oxygens (including phenoxy) is 1. The van der Waals surface area contributed by atoms with Gasteiger partial charge in [-0.3, -0.25) is 9.59 Å². The normalized spacial score (nSPS) is 12.9. The number of carbonyl (C=O) groups is 2. The van der Waals surface area contributed by atoms with Crippen LogP contribution in [-0.2, 0) is 4.79 Å². The lowest BCUT2D eigenvalue weighted by Crippen LogP contribution is -2.27. The minimum atomic E-state index is -0.369. The summed E-state index contributed by atoms with van der Waals surface area (Å²) in [6.07, 6.45) is 0. The van der Waals surface area contributed by atoms with Gasteiger partial charge < -0.3 is 15.4 Å². The lowest BCUT2D eigenvalue weighted by Gasteiger charge is -2.20. The maximum atomic E-state index is 12.4. The summed E-state index contributed by atoms with van der Waals surface area (Å²) in [7, 11) is 0. The minimum absolute atomic E-state index is 0.121. The van der Waals surface area contributed by atoms with Crippen molar-refractivity contribution in [2.75, 3.05) is 17.2 Å². The molecule has 0 aromatic heterocycles. The van der Waals surface area contributed by atoms with Crippen molar-refractivity contribution in [1.29, 1.82) is 0 Å². The summed E-state index contributed by atoms with van der Waals surface area (Å²) in [6, 6.07) is 9.74. The van der Waals surface area contributed by atoms with Crippen LogP contribution in [0.25, 0.3) is 0 Å². The number of para-hydroxylation sites is 1. The smallest absolute Gasteiger partial charge is 0.262 e. The third-order valence-electron chi connectivity index (χ3n) is 3.06. The van der Waals surface area contributed by atoms with E-state index in [4.69, 9.17) is 27.9 Å². The van der Waals surface area contributed by atoms with E-state index in [1.807, 2.05) is 0 Å². The van der Waals surface area contributed by atoms with Crippen LogP contribution in [0.2, 0.25) is 10.0 Å². The molecule has 112 valence electrons. The average molecular weight is 337 g/mol. The van der Waals surface area contributed by atoms with Crippen molar-refractivity contribution in [3.8, 4) is 5.75 Å². The van der Waals surface area contributed by atoms with Gasteiger partial charge in [0, 0.05) is 5.69 Å². The number of halogens is 2. The molecule has 1 heterocycles. The number of anilines is 2. The van der Waals surface area contributed by atoms with E-state index in [-0.39, 0.29) is 18.4 Å². The van der Waals surface area contributed by atoms with Crippen LogP contribution in [0.5, 0.6) is 5.75 Å². The Morgan fingerprint density at radius 2 is 2.00 bits per heavy atom. The summed E-state index contributed by atoms with van der Waals surface area (Å²) in [5.41, 5.74) is 1.30. The predicted octanol–water partition coefficient (Wildman–Crippen LogP) is 3.58. The first kappa shape index (κ1) is 14.7. The highest BCUT2D eigenvalue weighted by Crippen LogP contribution is 2.32. The molecule has 3 rings (SSSR count). The Morgan fingerprint density at radius 3 is 2.77 bits per heavy atom. The van der Waals surface area contributed by atoms with Crippen LogP contribution < -0.4 is 15.4 Å². The second kappa shape index (κ2) is 5.87. The van der Waals surface area contributed by atoms with Crippen molar-refractivity contribution in [1.82, 2.24) is 0 Å². The largest absolute Gasteiger partial charge is 0.481 e. The van der Waals surface area contributed by atoms with Gasteiger partial charge in [0.05, 0.1) is 21.3 Å². The highest BCUT2D eigenvalue weighted by atomic mass is 35.5. The quantitative estimate of drug-likeness (QED) is 0.880. The topological polar surface area (TPSA) is 67.4 Å². The van der Waals surface area contributed by atoms with Crippen LogP contribution in [0.4, 0.5) is 11.4 Å². The van der Waals surface area contributed by atoms with Crippen molar-refractivity contribution in [3.63, 3.8) is 0 Å². The summed E-state index contributed by atoms with van der Waals surface area (Å²) in [4.78, 5) is 23.7. The van der Waals surface area contributed by atoms with E-state index in [9.17, 15) is 9.59 Å². The van der Waals surface area contributed by atoms with E-state index < -0.39 is 0 Å². The number of hydrogen-bond donors (Lipinski definition) is 2. The molecule has 2 aromatic rings. The van der Waals surface area contributed by atoms with Gasteiger partial charge in [-0.15, -0.1) is 0 Å². The summed E-state index contributed by atoms with van der Waals surface area (Å²) in [5, 5.41) is 6.12. The molecular formula is C15H10Cl2N2O3. The van der Waals surface area contributed by atoms with E-state index in [2.05, 4.69) is 10.6 Å². The zero-order valence-corrected chi connectivity index (χ0v) is 12.7. The van der Waals surface area contributed by atoms with Crippen LogP contribution in [0, 0.1) is 0 Å². The molecule has 0 bridgehead atoms. The molecule has 1 aliphatic rings. The molecule has 0 fully saturated rings. The number of hydrogen-bond acceptors (Lipinski definition) is 3. The first-order chi connectivity index (χ1) is 10.5. The molecule has 0 saturated carbocycles. The van der Waals surface area contributed by atoms with Crippen LogP contribution in [0.3, 0.4) is 0 Å². The van der Waals surface area contributed by atoms with E-state index >= 15 is 0 Å². The Kier molecular flexibility index (Phi) is 3.92. The van der Waals surface area contributed by atoms with Gasteiger partial charge in [0.1, 0.15) is 0 Å². The molecule has 0 spiro atoms. The molecule has 0 aliphatic carbocycles. The highest BCUT2D eigenvalue weighted by molar-refractivity contribution is 6.42. The fourth-order valence-corrected chi connectivity index (χ4v) is 2.36. The van der Waals surface area contributed by atoms with Crippen molar-refractivity contribution in [2.45, 2.75) is 0 Å². The van der Waals surface area contributed by atoms with E-state index in [0.29, 0.717) is 32.7 Å².